The van der Waals surface area contributed by atoms with Gasteiger partial charge in [0.15, 0.2) is 0 Å². The largest absolute Gasteiger partial charge is 0.378 e. The lowest BCUT2D eigenvalue weighted by Gasteiger charge is -2.31. The molecule has 0 spiro atoms. The quantitative estimate of drug-likeness (QED) is 0.810. The average Bonchev–Trinajstić information content (AvgIpc) is 2.73. The Morgan fingerprint density at radius 2 is 1.67 bits per heavy atom. The zero-order valence-electron chi connectivity index (χ0n) is 15.4. The first-order valence-corrected chi connectivity index (χ1v) is 8.92. The summed E-state index contributed by atoms with van der Waals surface area (Å²) in [6.45, 7) is 3.51. The normalized spacial score (nSPS) is 13.7. The number of anilines is 1. The SMILES string of the molecule is CN(Cc1ccccc1N1CCOCC1)C(=O)NNC(=O)c1ccccc1. The van der Waals surface area contributed by atoms with Gasteiger partial charge in [-0.25, -0.2) is 10.2 Å². The predicted octanol–water partition coefficient (Wildman–Crippen LogP) is 2.01. The van der Waals surface area contributed by atoms with Crippen LogP contribution in [0.3, 0.4) is 0 Å². The molecular formula is C20H24N4O3. The molecule has 0 aromatic heterocycles. The number of morpholine rings is 1. The number of hydrogen-bond acceptors (Lipinski definition) is 4. The first kappa shape index (κ1) is 18.7. The minimum Gasteiger partial charge on any atom is -0.378 e. The van der Waals surface area contributed by atoms with Crippen LogP contribution in [0.4, 0.5) is 10.5 Å². The van der Waals surface area contributed by atoms with Gasteiger partial charge < -0.3 is 14.5 Å². The molecule has 3 rings (SSSR count). The van der Waals surface area contributed by atoms with Gasteiger partial charge in [-0.3, -0.25) is 10.2 Å². The molecule has 0 atom stereocenters. The van der Waals surface area contributed by atoms with Crippen molar-refractivity contribution in [2.75, 3.05) is 38.3 Å². The Kier molecular flexibility index (Phi) is 6.27. The molecule has 1 aliphatic heterocycles. The van der Waals surface area contributed by atoms with Gasteiger partial charge in [0.25, 0.3) is 5.91 Å². The van der Waals surface area contributed by atoms with Gasteiger partial charge in [0.2, 0.25) is 0 Å². The van der Waals surface area contributed by atoms with Crippen molar-refractivity contribution in [3.05, 3.63) is 65.7 Å². The number of para-hydroxylation sites is 1. The number of hydrogen-bond donors (Lipinski definition) is 2. The fourth-order valence-corrected chi connectivity index (χ4v) is 2.95. The van der Waals surface area contributed by atoms with Crippen molar-refractivity contribution >= 4 is 17.6 Å². The summed E-state index contributed by atoms with van der Waals surface area (Å²) in [6, 6.07) is 16.4. The zero-order chi connectivity index (χ0) is 19.1. The third kappa shape index (κ3) is 4.98. The second-order valence-electron chi connectivity index (χ2n) is 6.33. The highest BCUT2D eigenvalue weighted by molar-refractivity contribution is 5.95. The monoisotopic (exact) mass is 368 g/mol. The molecule has 0 aliphatic carbocycles. The summed E-state index contributed by atoms with van der Waals surface area (Å²) in [5.41, 5.74) is 7.53. The van der Waals surface area contributed by atoms with Crippen LogP contribution in [-0.2, 0) is 11.3 Å². The van der Waals surface area contributed by atoms with Crippen LogP contribution < -0.4 is 15.8 Å². The third-order valence-corrected chi connectivity index (χ3v) is 4.42. The number of rotatable bonds is 4. The second-order valence-corrected chi connectivity index (χ2v) is 6.33. The van der Waals surface area contributed by atoms with Crippen molar-refractivity contribution in [1.29, 1.82) is 0 Å². The van der Waals surface area contributed by atoms with E-state index in [1.165, 1.54) is 4.90 Å². The highest BCUT2D eigenvalue weighted by atomic mass is 16.5. The van der Waals surface area contributed by atoms with Crippen LogP contribution in [0.5, 0.6) is 0 Å². The maximum Gasteiger partial charge on any atom is 0.336 e. The molecule has 27 heavy (non-hydrogen) atoms. The van der Waals surface area contributed by atoms with Crippen molar-refractivity contribution in [2.45, 2.75) is 6.54 Å². The molecule has 2 aromatic carbocycles. The van der Waals surface area contributed by atoms with Crippen LogP contribution in [0.1, 0.15) is 15.9 Å². The number of carbonyl (C=O) groups excluding carboxylic acids is 2. The zero-order valence-corrected chi connectivity index (χ0v) is 15.4. The Hall–Kier alpha value is -3.06. The number of ether oxygens (including phenoxy) is 1. The molecular weight excluding hydrogens is 344 g/mol. The second kappa shape index (κ2) is 9.05. The summed E-state index contributed by atoms with van der Waals surface area (Å²) < 4.78 is 5.41. The van der Waals surface area contributed by atoms with E-state index < -0.39 is 0 Å². The molecule has 2 N–H and O–H groups in total. The minimum absolute atomic E-state index is 0.355. The average molecular weight is 368 g/mol. The van der Waals surface area contributed by atoms with Gasteiger partial charge in [0, 0.05) is 37.9 Å². The van der Waals surface area contributed by atoms with Crippen LogP contribution in [0, 0.1) is 0 Å². The smallest absolute Gasteiger partial charge is 0.336 e. The van der Waals surface area contributed by atoms with Gasteiger partial charge in [-0.15, -0.1) is 0 Å². The topological polar surface area (TPSA) is 73.9 Å². The van der Waals surface area contributed by atoms with Crippen molar-refractivity contribution in [1.82, 2.24) is 15.8 Å². The lowest BCUT2D eigenvalue weighted by Crippen LogP contribution is -2.47. The lowest BCUT2D eigenvalue weighted by molar-refractivity contribution is 0.0931. The van der Waals surface area contributed by atoms with Gasteiger partial charge in [0.1, 0.15) is 0 Å². The third-order valence-electron chi connectivity index (χ3n) is 4.42. The van der Waals surface area contributed by atoms with Crippen molar-refractivity contribution in [2.24, 2.45) is 0 Å². The van der Waals surface area contributed by atoms with Crippen molar-refractivity contribution < 1.29 is 14.3 Å². The van der Waals surface area contributed by atoms with Gasteiger partial charge in [-0.05, 0) is 23.8 Å². The Balaban J connectivity index is 1.57. The first-order chi connectivity index (χ1) is 13.1. The van der Waals surface area contributed by atoms with Gasteiger partial charge in [0.05, 0.1) is 13.2 Å². The van der Waals surface area contributed by atoms with E-state index in [0.717, 1.165) is 24.3 Å². The Labute approximate surface area is 158 Å². The summed E-state index contributed by atoms with van der Waals surface area (Å²) in [4.78, 5) is 28.2. The Bertz CT molecular complexity index is 776. The number of nitrogens with one attached hydrogen (secondary N) is 2. The molecule has 1 fully saturated rings. The van der Waals surface area contributed by atoms with Crippen molar-refractivity contribution in [3.63, 3.8) is 0 Å². The maximum absolute atomic E-state index is 12.3. The number of nitrogens with zero attached hydrogens (tertiary/aromatic N) is 2. The highest BCUT2D eigenvalue weighted by Crippen LogP contribution is 2.22. The number of urea groups is 1. The summed E-state index contributed by atoms with van der Waals surface area (Å²) in [7, 11) is 1.69. The van der Waals surface area contributed by atoms with Crippen LogP contribution in [0.2, 0.25) is 0 Å². The van der Waals surface area contributed by atoms with E-state index in [-0.39, 0.29) is 11.9 Å². The fraction of sp³-hybridized carbons (Fsp3) is 0.300. The molecule has 0 unspecified atom stereocenters. The van der Waals surface area contributed by atoms with Crippen LogP contribution >= 0.6 is 0 Å². The molecule has 1 aliphatic rings. The van der Waals surface area contributed by atoms with E-state index in [2.05, 4.69) is 21.8 Å². The predicted molar refractivity (Wildman–Crippen MR) is 103 cm³/mol. The van der Waals surface area contributed by atoms with Crippen LogP contribution in [0.25, 0.3) is 0 Å². The molecule has 7 heteroatoms. The molecule has 1 heterocycles. The van der Waals surface area contributed by atoms with Gasteiger partial charge >= 0.3 is 6.03 Å². The standard InChI is InChI=1S/C20H24N4O3/c1-23(20(26)22-21-19(25)16-7-3-2-4-8-16)15-17-9-5-6-10-18(17)24-11-13-27-14-12-24/h2-10H,11-15H2,1H3,(H,21,25)(H,22,26). The number of amides is 3. The minimum atomic E-state index is -0.379. The van der Waals surface area contributed by atoms with E-state index in [4.69, 9.17) is 4.74 Å². The van der Waals surface area contributed by atoms with E-state index in [0.29, 0.717) is 25.3 Å². The van der Waals surface area contributed by atoms with Crippen molar-refractivity contribution in [3.8, 4) is 0 Å². The summed E-state index contributed by atoms with van der Waals surface area (Å²) in [6.07, 6.45) is 0. The molecule has 0 bridgehead atoms. The van der Waals surface area contributed by atoms with E-state index in [1.54, 1.807) is 31.3 Å². The molecule has 1 saturated heterocycles. The summed E-state index contributed by atoms with van der Waals surface area (Å²) in [5, 5.41) is 0. The Morgan fingerprint density at radius 1 is 1.00 bits per heavy atom. The molecule has 142 valence electrons. The van der Waals surface area contributed by atoms with Gasteiger partial charge in [-0.1, -0.05) is 36.4 Å². The van der Waals surface area contributed by atoms with E-state index in [1.807, 2.05) is 24.3 Å². The molecule has 3 amide bonds. The summed E-state index contributed by atoms with van der Waals surface area (Å²) >= 11 is 0. The first-order valence-electron chi connectivity index (χ1n) is 8.92. The maximum atomic E-state index is 12.3. The number of benzene rings is 2. The molecule has 2 aromatic rings. The fourth-order valence-electron chi connectivity index (χ4n) is 2.95. The van der Waals surface area contributed by atoms with E-state index >= 15 is 0 Å². The number of carbonyl (C=O) groups is 2. The van der Waals surface area contributed by atoms with Gasteiger partial charge in [-0.2, -0.15) is 0 Å². The summed E-state index contributed by atoms with van der Waals surface area (Å²) in [5.74, 6) is -0.355. The van der Waals surface area contributed by atoms with Crippen LogP contribution in [-0.4, -0.2) is 50.2 Å². The molecule has 0 saturated carbocycles. The molecule has 7 nitrogen and oxygen atoms in total. The van der Waals surface area contributed by atoms with E-state index in [9.17, 15) is 9.59 Å². The highest BCUT2D eigenvalue weighted by Gasteiger charge is 2.17. The molecule has 0 radical (unpaired) electrons. The Morgan fingerprint density at radius 3 is 2.41 bits per heavy atom. The number of hydrazine groups is 1. The lowest BCUT2D eigenvalue weighted by atomic mass is 10.1. The van der Waals surface area contributed by atoms with Crippen LogP contribution in [0.15, 0.2) is 54.6 Å².